The summed E-state index contributed by atoms with van der Waals surface area (Å²) in [5, 5.41) is 2.80. The maximum atomic E-state index is 12.0. The Morgan fingerprint density at radius 2 is 2.18 bits per heavy atom. The maximum Gasteiger partial charge on any atom is 0.253 e. The molecule has 4 nitrogen and oxygen atoms in total. The maximum absolute atomic E-state index is 12.0. The molecule has 94 valence electrons. The Labute approximate surface area is 104 Å². The van der Waals surface area contributed by atoms with Gasteiger partial charge in [0.1, 0.15) is 0 Å². The number of aryl methyl sites for hydroxylation is 1. The Bertz CT molecular complexity index is 426. The van der Waals surface area contributed by atoms with Crippen molar-refractivity contribution in [1.29, 1.82) is 0 Å². The molecule has 0 aliphatic carbocycles. The number of hydrogen-bond donors (Lipinski definition) is 2. The quantitative estimate of drug-likeness (QED) is 0.790. The van der Waals surface area contributed by atoms with Crippen LogP contribution in [0.25, 0.3) is 0 Å². The van der Waals surface area contributed by atoms with Gasteiger partial charge in [-0.1, -0.05) is 12.1 Å². The first-order valence-electron chi connectivity index (χ1n) is 5.37. The van der Waals surface area contributed by atoms with Gasteiger partial charge in [-0.3, -0.25) is 9.00 Å². The van der Waals surface area contributed by atoms with Gasteiger partial charge in [0.25, 0.3) is 5.91 Å². The van der Waals surface area contributed by atoms with Crippen LogP contribution in [-0.2, 0) is 10.8 Å². The third kappa shape index (κ3) is 3.85. The molecule has 1 aromatic rings. The number of nitrogens with two attached hydrogens (primary N) is 1. The number of rotatable bonds is 4. The van der Waals surface area contributed by atoms with Gasteiger partial charge in [-0.15, -0.1) is 0 Å². The molecule has 1 amide bonds. The number of carbonyl (C=O) groups excluding carboxylic acids is 1. The molecule has 0 spiro atoms. The Morgan fingerprint density at radius 3 is 2.71 bits per heavy atom. The number of nitrogens with one attached hydrogen (secondary N) is 1. The number of hydrogen-bond acceptors (Lipinski definition) is 3. The van der Waals surface area contributed by atoms with E-state index in [1.807, 2.05) is 26.0 Å². The molecule has 0 aliphatic heterocycles. The summed E-state index contributed by atoms with van der Waals surface area (Å²) in [7, 11) is -0.925. The SMILES string of the molecule is Cc1cccc(N)c1C(=O)NC(C)CS(C)=O. The molecule has 0 radical (unpaired) electrons. The molecule has 0 fully saturated rings. The zero-order valence-corrected chi connectivity index (χ0v) is 11.1. The molecule has 1 aromatic carbocycles. The molecule has 0 heterocycles. The summed E-state index contributed by atoms with van der Waals surface area (Å²) in [6, 6.07) is 5.22. The summed E-state index contributed by atoms with van der Waals surface area (Å²) >= 11 is 0. The summed E-state index contributed by atoms with van der Waals surface area (Å²) in [5.41, 5.74) is 7.58. The van der Waals surface area contributed by atoms with E-state index in [2.05, 4.69) is 5.32 Å². The Balaban J connectivity index is 2.80. The minimum Gasteiger partial charge on any atom is -0.398 e. The topological polar surface area (TPSA) is 72.2 Å². The molecule has 2 atom stereocenters. The van der Waals surface area contributed by atoms with E-state index >= 15 is 0 Å². The Kier molecular flexibility index (Phi) is 4.69. The molecular weight excluding hydrogens is 236 g/mol. The van der Waals surface area contributed by atoms with E-state index in [0.29, 0.717) is 17.0 Å². The molecule has 17 heavy (non-hydrogen) atoms. The van der Waals surface area contributed by atoms with Gasteiger partial charge in [-0.2, -0.15) is 0 Å². The lowest BCUT2D eigenvalue weighted by atomic mass is 10.1. The van der Waals surface area contributed by atoms with Crippen molar-refractivity contribution in [3.63, 3.8) is 0 Å². The smallest absolute Gasteiger partial charge is 0.253 e. The first-order chi connectivity index (χ1) is 7.91. The van der Waals surface area contributed by atoms with Crippen LogP contribution in [0.4, 0.5) is 5.69 Å². The van der Waals surface area contributed by atoms with Gasteiger partial charge in [0, 0.05) is 34.5 Å². The van der Waals surface area contributed by atoms with Gasteiger partial charge in [0.15, 0.2) is 0 Å². The molecular formula is C12H18N2O2S. The zero-order valence-electron chi connectivity index (χ0n) is 10.3. The lowest BCUT2D eigenvalue weighted by molar-refractivity contribution is 0.0944. The normalized spacial score (nSPS) is 14.1. The van der Waals surface area contributed by atoms with Crippen molar-refractivity contribution in [3.8, 4) is 0 Å². The average Bonchev–Trinajstić information content (AvgIpc) is 2.15. The fraction of sp³-hybridized carbons (Fsp3) is 0.417. The van der Waals surface area contributed by atoms with Crippen molar-refractivity contribution < 1.29 is 9.00 Å². The lowest BCUT2D eigenvalue weighted by Gasteiger charge is -2.14. The fourth-order valence-corrected chi connectivity index (χ4v) is 2.48. The Morgan fingerprint density at radius 1 is 1.53 bits per heavy atom. The minimum atomic E-state index is -0.925. The zero-order chi connectivity index (χ0) is 13.0. The van der Waals surface area contributed by atoms with Crippen LogP contribution in [0.3, 0.4) is 0 Å². The molecule has 0 saturated heterocycles. The van der Waals surface area contributed by atoms with E-state index in [4.69, 9.17) is 5.73 Å². The van der Waals surface area contributed by atoms with Crippen molar-refractivity contribution in [3.05, 3.63) is 29.3 Å². The highest BCUT2D eigenvalue weighted by molar-refractivity contribution is 7.84. The third-order valence-corrected chi connectivity index (χ3v) is 3.36. The molecule has 0 saturated carbocycles. The van der Waals surface area contributed by atoms with E-state index < -0.39 is 10.8 Å². The number of nitrogen functional groups attached to an aromatic ring is 1. The number of benzene rings is 1. The van der Waals surface area contributed by atoms with Crippen LogP contribution in [0.5, 0.6) is 0 Å². The van der Waals surface area contributed by atoms with Crippen LogP contribution in [0.2, 0.25) is 0 Å². The third-order valence-electron chi connectivity index (χ3n) is 2.39. The molecule has 2 unspecified atom stereocenters. The van der Waals surface area contributed by atoms with Gasteiger partial charge < -0.3 is 11.1 Å². The molecule has 3 N–H and O–H groups in total. The second-order valence-corrected chi connectivity index (χ2v) is 5.63. The summed E-state index contributed by atoms with van der Waals surface area (Å²) in [5.74, 6) is 0.232. The average molecular weight is 254 g/mol. The summed E-state index contributed by atoms with van der Waals surface area (Å²) < 4.78 is 11.0. The van der Waals surface area contributed by atoms with Gasteiger partial charge >= 0.3 is 0 Å². The van der Waals surface area contributed by atoms with Crippen LogP contribution in [-0.4, -0.2) is 28.2 Å². The lowest BCUT2D eigenvalue weighted by Crippen LogP contribution is -2.36. The van der Waals surface area contributed by atoms with Crippen LogP contribution >= 0.6 is 0 Å². The summed E-state index contributed by atoms with van der Waals surface area (Å²) in [4.78, 5) is 12.0. The van der Waals surface area contributed by atoms with Crippen LogP contribution in [0.1, 0.15) is 22.8 Å². The van der Waals surface area contributed by atoms with Crippen molar-refractivity contribution in [2.24, 2.45) is 0 Å². The highest BCUT2D eigenvalue weighted by atomic mass is 32.2. The molecule has 5 heteroatoms. The minimum absolute atomic E-state index is 0.132. The monoisotopic (exact) mass is 254 g/mol. The largest absolute Gasteiger partial charge is 0.398 e. The second-order valence-electron chi connectivity index (χ2n) is 4.15. The molecule has 0 aromatic heterocycles. The fourth-order valence-electron chi connectivity index (χ4n) is 1.69. The predicted molar refractivity (Wildman–Crippen MR) is 71.5 cm³/mol. The highest BCUT2D eigenvalue weighted by Crippen LogP contribution is 2.16. The van der Waals surface area contributed by atoms with Gasteiger partial charge in [-0.25, -0.2) is 0 Å². The number of anilines is 1. The predicted octanol–water partition coefficient (Wildman–Crippen LogP) is 1.07. The Hall–Kier alpha value is -1.36. The van der Waals surface area contributed by atoms with E-state index in [1.165, 1.54) is 0 Å². The first-order valence-corrected chi connectivity index (χ1v) is 7.10. The van der Waals surface area contributed by atoms with E-state index in [9.17, 15) is 9.00 Å². The van der Waals surface area contributed by atoms with Gasteiger partial charge in [0.2, 0.25) is 0 Å². The van der Waals surface area contributed by atoms with E-state index in [-0.39, 0.29) is 11.9 Å². The van der Waals surface area contributed by atoms with Crippen molar-refractivity contribution >= 4 is 22.4 Å². The van der Waals surface area contributed by atoms with Crippen molar-refractivity contribution in [1.82, 2.24) is 5.32 Å². The first kappa shape index (κ1) is 13.7. The van der Waals surface area contributed by atoms with E-state index in [1.54, 1.807) is 12.3 Å². The van der Waals surface area contributed by atoms with Crippen molar-refractivity contribution in [2.45, 2.75) is 19.9 Å². The summed E-state index contributed by atoms with van der Waals surface area (Å²) in [6.07, 6.45) is 1.62. The van der Waals surface area contributed by atoms with Gasteiger partial charge in [0.05, 0.1) is 5.56 Å². The van der Waals surface area contributed by atoms with E-state index in [0.717, 1.165) is 5.56 Å². The number of carbonyl (C=O) groups is 1. The van der Waals surface area contributed by atoms with Crippen molar-refractivity contribution in [2.75, 3.05) is 17.7 Å². The molecule has 0 bridgehead atoms. The van der Waals surface area contributed by atoms with Crippen LogP contribution < -0.4 is 11.1 Å². The number of amides is 1. The standard InChI is InChI=1S/C12H18N2O2S/c1-8-5-4-6-10(13)11(8)12(15)14-9(2)7-17(3)16/h4-6,9H,7,13H2,1-3H3,(H,14,15). The molecule has 0 aliphatic rings. The second kappa shape index (κ2) is 5.82. The van der Waals surface area contributed by atoms with Crippen LogP contribution in [0.15, 0.2) is 18.2 Å². The van der Waals surface area contributed by atoms with Crippen LogP contribution in [0, 0.1) is 6.92 Å². The highest BCUT2D eigenvalue weighted by Gasteiger charge is 2.15. The molecule has 1 rings (SSSR count). The summed E-state index contributed by atoms with van der Waals surface area (Å²) in [6.45, 7) is 3.67. The van der Waals surface area contributed by atoms with Gasteiger partial charge in [-0.05, 0) is 25.5 Å².